The first-order chi connectivity index (χ1) is 8.79. The number of nitrogens with one attached hydrogen (secondary N) is 1. The molecule has 1 aromatic rings. The lowest BCUT2D eigenvalue weighted by atomic mass is 9.98. The zero-order valence-electron chi connectivity index (χ0n) is 11.8. The molecule has 0 radical (unpaired) electrons. The quantitative estimate of drug-likeness (QED) is 0.925. The molecule has 1 fully saturated rings. The normalized spacial score (nSPS) is 22.8. The standard InChI is InChI=1S/C13H22N2O2S2/c1-13(2,3)12-15-8-10(18-12)7-14-9-11-5-4-6-19(11,16)17/h8,11,14H,4-7,9H2,1-3H3. The van der Waals surface area contributed by atoms with Crippen LogP contribution in [0.15, 0.2) is 6.20 Å². The SMILES string of the molecule is CC(C)(C)c1ncc(CNCC2CCCS2(=O)=O)s1. The van der Waals surface area contributed by atoms with Gasteiger partial charge in [0, 0.05) is 29.6 Å². The van der Waals surface area contributed by atoms with E-state index in [1.807, 2.05) is 6.20 Å². The maximum Gasteiger partial charge on any atom is 0.154 e. The second-order valence-electron chi connectivity index (χ2n) is 6.14. The Morgan fingerprint density at radius 1 is 1.47 bits per heavy atom. The fraction of sp³-hybridized carbons (Fsp3) is 0.769. The number of thiazole rings is 1. The summed E-state index contributed by atoms with van der Waals surface area (Å²) in [5.74, 6) is 0.355. The molecule has 6 heteroatoms. The Hall–Kier alpha value is -0.460. The maximum atomic E-state index is 11.7. The summed E-state index contributed by atoms with van der Waals surface area (Å²) in [5.41, 5.74) is 0.0811. The summed E-state index contributed by atoms with van der Waals surface area (Å²) in [6.07, 6.45) is 3.50. The molecule has 0 spiro atoms. The topological polar surface area (TPSA) is 59.1 Å². The molecule has 4 nitrogen and oxygen atoms in total. The van der Waals surface area contributed by atoms with Crippen molar-refractivity contribution in [3.8, 4) is 0 Å². The van der Waals surface area contributed by atoms with Gasteiger partial charge in [0.1, 0.15) is 0 Å². The first-order valence-electron chi connectivity index (χ1n) is 6.66. The maximum absolute atomic E-state index is 11.7. The number of hydrogen-bond donors (Lipinski definition) is 1. The van der Waals surface area contributed by atoms with Crippen LogP contribution in [0, 0.1) is 0 Å². The van der Waals surface area contributed by atoms with Crippen molar-refractivity contribution in [1.82, 2.24) is 10.3 Å². The summed E-state index contributed by atoms with van der Waals surface area (Å²) in [4.78, 5) is 5.59. The van der Waals surface area contributed by atoms with Gasteiger partial charge >= 0.3 is 0 Å². The van der Waals surface area contributed by atoms with Gasteiger partial charge in [-0.2, -0.15) is 0 Å². The minimum atomic E-state index is -2.83. The minimum Gasteiger partial charge on any atom is -0.311 e. The third-order valence-electron chi connectivity index (χ3n) is 3.33. The van der Waals surface area contributed by atoms with Crippen LogP contribution in [-0.4, -0.2) is 30.9 Å². The van der Waals surface area contributed by atoms with Crippen LogP contribution in [0.3, 0.4) is 0 Å². The molecule has 1 aliphatic rings. The van der Waals surface area contributed by atoms with E-state index < -0.39 is 9.84 Å². The molecule has 0 bridgehead atoms. The number of nitrogens with zero attached hydrogens (tertiary/aromatic N) is 1. The molecular weight excluding hydrogens is 280 g/mol. The monoisotopic (exact) mass is 302 g/mol. The Morgan fingerprint density at radius 3 is 2.74 bits per heavy atom. The third-order valence-corrected chi connectivity index (χ3v) is 7.03. The lowest BCUT2D eigenvalue weighted by Crippen LogP contribution is -2.29. The van der Waals surface area contributed by atoms with Crippen LogP contribution >= 0.6 is 11.3 Å². The largest absolute Gasteiger partial charge is 0.311 e. The number of aromatic nitrogens is 1. The van der Waals surface area contributed by atoms with Gasteiger partial charge in [0.05, 0.1) is 16.0 Å². The van der Waals surface area contributed by atoms with Crippen molar-refractivity contribution in [2.24, 2.45) is 0 Å². The van der Waals surface area contributed by atoms with Gasteiger partial charge in [-0.3, -0.25) is 0 Å². The molecule has 0 amide bonds. The van der Waals surface area contributed by atoms with Gasteiger partial charge in [0.2, 0.25) is 0 Å². The lowest BCUT2D eigenvalue weighted by molar-refractivity contribution is 0.574. The second-order valence-corrected chi connectivity index (χ2v) is 9.66. The fourth-order valence-corrected chi connectivity index (χ4v) is 4.92. The van der Waals surface area contributed by atoms with Gasteiger partial charge in [0.15, 0.2) is 9.84 Å². The van der Waals surface area contributed by atoms with Crippen molar-refractivity contribution in [1.29, 1.82) is 0 Å². The van der Waals surface area contributed by atoms with Gasteiger partial charge in [-0.1, -0.05) is 20.8 Å². The van der Waals surface area contributed by atoms with E-state index in [9.17, 15) is 8.42 Å². The molecule has 2 rings (SSSR count). The van der Waals surface area contributed by atoms with Crippen molar-refractivity contribution >= 4 is 21.2 Å². The predicted molar refractivity (Wildman–Crippen MR) is 79.3 cm³/mol. The molecule has 1 aliphatic heterocycles. The van der Waals surface area contributed by atoms with Crippen LogP contribution in [0.4, 0.5) is 0 Å². The average molecular weight is 302 g/mol. The molecule has 1 unspecified atom stereocenters. The molecule has 2 heterocycles. The molecule has 108 valence electrons. The van der Waals surface area contributed by atoms with E-state index in [4.69, 9.17) is 0 Å². The van der Waals surface area contributed by atoms with E-state index in [1.54, 1.807) is 11.3 Å². The van der Waals surface area contributed by atoms with E-state index in [0.29, 0.717) is 18.8 Å². The van der Waals surface area contributed by atoms with E-state index in [1.165, 1.54) is 4.88 Å². The van der Waals surface area contributed by atoms with E-state index >= 15 is 0 Å². The van der Waals surface area contributed by atoms with E-state index in [-0.39, 0.29) is 10.7 Å². The van der Waals surface area contributed by atoms with Crippen LogP contribution in [-0.2, 0) is 21.8 Å². The number of hydrogen-bond acceptors (Lipinski definition) is 5. The predicted octanol–water partition coefficient (Wildman–Crippen LogP) is 2.11. The smallest absolute Gasteiger partial charge is 0.154 e. The van der Waals surface area contributed by atoms with Crippen molar-refractivity contribution < 1.29 is 8.42 Å². The summed E-state index contributed by atoms with van der Waals surface area (Å²) in [6.45, 7) is 7.71. The van der Waals surface area contributed by atoms with Gasteiger partial charge in [-0.25, -0.2) is 13.4 Å². The second kappa shape index (κ2) is 5.50. The van der Waals surface area contributed by atoms with Crippen molar-refractivity contribution in [3.05, 3.63) is 16.1 Å². The van der Waals surface area contributed by atoms with Crippen LogP contribution in [0.25, 0.3) is 0 Å². The first kappa shape index (κ1) is 14.9. The summed E-state index contributed by atoms with van der Waals surface area (Å²) >= 11 is 1.70. The van der Waals surface area contributed by atoms with Crippen LogP contribution < -0.4 is 5.32 Å². The average Bonchev–Trinajstić information content (AvgIpc) is 2.85. The first-order valence-corrected chi connectivity index (χ1v) is 9.20. The molecular formula is C13H22N2O2S2. The number of sulfone groups is 1. The molecule has 1 atom stereocenters. The summed E-state index contributed by atoms with van der Waals surface area (Å²) in [6, 6.07) is 0. The van der Waals surface area contributed by atoms with Crippen LogP contribution in [0.2, 0.25) is 0 Å². The molecule has 1 N–H and O–H groups in total. The van der Waals surface area contributed by atoms with Crippen LogP contribution in [0.1, 0.15) is 43.5 Å². The van der Waals surface area contributed by atoms with Crippen LogP contribution in [0.5, 0.6) is 0 Å². The Bertz CT molecular complexity index is 529. The van der Waals surface area contributed by atoms with Gasteiger partial charge in [-0.15, -0.1) is 11.3 Å². The summed E-state index contributed by atoms with van der Waals surface area (Å²) < 4.78 is 23.4. The summed E-state index contributed by atoms with van der Waals surface area (Å²) in [5, 5.41) is 4.19. The zero-order chi connectivity index (χ0) is 14.1. The highest BCUT2D eigenvalue weighted by Gasteiger charge is 2.30. The highest BCUT2D eigenvalue weighted by atomic mass is 32.2. The molecule has 19 heavy (non-hydrogen) atoms. The molecule has 1 saturated heterocycles. The molecule has 0 aromatic carbocycles. The highest BCUT2D eigenvalue weighted by Crippen LogP contribution is 2.26. The molecule has 1 aromatic heterocycles. The fourth-order valence-electron chi connectivity index (χ4n) is 2.18. The van der Waals surface area contributed by atoms with Gasteiger partial charge in [-0.05, 0) is 12.8 Å². The Balaban J connectivity index is 1.85. The van der Waals surface area contributed by atoms with Crippen molar-refractivity contribution in [2.45, 2.75) is 50.8 Å². The third kappa shape index (κ3) is 3.77. The highest BCUT2D eigenvalue weighted by molar-refractivity contribution is 7.92. The Morgan fingerprint density at radius 2 is 2.21 bits per heavy atom. The van der Waals surface area contributed by atoms with Crippen molar-refractivity contribution in [2.75, 3.05) is 12.3 Å². The zero-order valence-corrected chi connectivity index (χ0v) is 13.4. The van der Waals surface area contributed by atoms with E-state index in [0.717, 1.165) is 17.8 Å². The minimum absolute atomic E-state index is 0.0811. The van der Waals surface area contributed by atoms with Gasteiger partial charge < -0.3 is 5.32 Å². The van der Waals surface area contributed by atoms with E-state index in [2.05, 4.69) is 31.1 Å². The number of rotatable bonds is 4. The summed E-state index contributed by atoms with van der Waals surface area (Å²) in [7, 11) is -2.83. The Kier molecular flexibility index (Phi) is 4.32. The van der Waals surface area contributed by atoms with Gasteiger partial charge in [0.25, 0.3) is 0 Å². The van der Waals surface area contributed by atoms with Crippen molar-refractivity contribution in [3.63, 3.8) is 0 Å². The molecule has 0 aliphatic carbocycles. The Labute approximate surface area is 119 Å². The molecule has 0 saturated carbocycles. The lowest BCUT2D eigenvalue weighted by Gasteiger charge is -2.13.